The van der Waals surface area contributed by atoms with Crippen molar-refractivity contribution in [1.82, 2.24) is 10.2 Å². The number of carbonyl (C=O) groups is 2. The summed E-state index contributed by atoms with van der Waals surface area (Å²) in [6.45, 7) is 6.53. The van der Waals surface area contributed by atoms with Gasteiger partial charge in [0.1, 0.15) is 5.70 Å². The van der Waals surface area contributed by atoms with Gasteiger partial charge >= 0.3 is 5.97 Å². The second kappa shape index (κ2) is 12.7. The molecule has 8 nitrogen and oxygen atoms in total. The van der Waals surface area contributed by atoms with Crippen molar-refractivity contribution in [1.29, 1.82) is 0 Å². The zero-order chi connectivity index (χ0) is 22.8. The number of carboxylic acids is 1. The molecule has 1 aliphatic rings. The van der Waals surface area contributed by atoms with E-state index in [1.54, 1.807) is 6.07 Å². The number of halogens is 2. The first kappa shape index (κ1) is 25.2. The minimum atomic E-state index is -1.23. The quantitative estimate of drug-likeness (QED) is 0.264. The lowest BCUT2D eigenvalue weighted by Gasteiger charge is -2.33. The minimum Gasteiger partial charge on any atom is -0.477 e. The van der Waals surface area contributed by atoms with Gasteiger partial charge in [-0.1, -0.05) is 41.0 Å². The van der Waals surface area contributed by atoms with E-state index in [4.69, 9.17) is 38.8 Å². The van der Waals surface area contributed by atoms with Crippen molar-refractivity contribution in [2.45, 2.75) is 12.6 Å². The van der Waals surface area contributed by atoms with E-state index in [0.717, 1.165) is 23.9 Å². The van der Waals surface area contributed by atoms with Crippen LogP contribution in [0.15, 0.2) is 46.1 Å². The number of ether oxygens (including phenoxy) is 1. The number of rotatable bonds is 10. The number of benzene rings is 1. The van der Waals surface area contributed by atoms with Crippen LogP contribution in [0, 0.1) is 0 Å². The van der Waals surface area contributed by atoms with Crippen LogP contribution in [0.5, 0.6) is 0 Å². The van der Waals surface area contributed by atoms with Crippen LogP contribution in [0.1, 0.15) is 5.56 Å². The maximum atomic E-state index is 12.1. The van der Waals surface area contributed by atoms with Crippen molar-refractivity contribution in [3.8, 4) is 0 Å². The topological polar surface area (TPSA) is 117 Å². The fourth-order valence-corrected chi connectivity index (χ4v) is 3.70. The maximum Gasteiger partial charge on any atom is 0.351 e. The van der Waals surface area contributed by atoms with Crippen molar-refractivity contribution in [2.24, 2.45) is 10.7 Å². The van der Waals surface area contributed by atoms with Gasteiger partial charge in [-0.3, -0.25) is 14.7 Å². The van der Waals surface area contributed by atoms with Crippen LogP contribution in [0.2, 0.25) is 10.0 Å². The summed E-state index contributed by atoms with van der Waals surface area (Å²) in [5.74, 6) is -1.33. The average molecular weight is 487 g/mol. The van der Waals surface area contributed by atoms with Gasteiger partial charge in [-0.2, -0.15) is 0 Å². The molecule has 1 aromatic rings. The van der Waals surface area contributed by atoms with E-state index in [-0.39, 0.29) is 23.5 Å². The lowest BCUT2D eigenvalue weighted by Crippen LogP contribution is -2.47. The Morgan fingerprint density at radius 2 is 2.16 bits per heavy atom. The zero-order valence-electron chi connectivity index (χ0n) is 16.7. The molecule has 0 spiro atoms. The van der Waals surface area contributed by atoms with Crippen LogP contribution in [-0.4, -0.2) is 66.7 Å². The average Bonchev–Trinajstić information content (AvgIpc) is 2.75. The van der Waals surface area contributed by atoms with Crippen LogP contribution >= 0.6 is 35.0 Å². The summed E-state index contributed by atoms with van der Waals surface area (Å²) in [6, 6.07) is 5.57. The summed E-state index contributed by atoms with van der Waals surface area (Å²) in [7, 11) is 0. The Labute approximate surface area is 195 Å². The van der Waals surface area contributed by atoms with Crippen LogP contribution in [-0.2, 0) is 20.9 Å². The third-order valence-corrected chi connectivity index (χ3v) is 6.01. The van der Waals surface area contributed by atoms with Gasteiger partial charge in [0.25, 0.3) is 0 Å². The van der Waals surface area contributed by atoms with E-state index in [1.165, 1.54) is 12.2 Å². The number of thioether (sulfide) groups is 1. The number of carbonyl (C=O) groups excluding carboxylic acids is 1. The molecule has 1 amide bonds. The summed E-state index contributed by atoms with van der Waals surface area (Å²) < 4.78 is 5.75. The fraction of sp³-hybridized carbons (Fsp3) is 0.350. The second-order valence-electron chi connectivity index (χ2n) is 6.66. The Morgan fingerprint density at radius 1 is 1.39 bits per heavy atom. The third-order valence-electron chi connectivity index (χ3n) is 4.30. The Balaban J connectivity index is 1.77. The monoisotopic (exact) mass is 486 g/mol. The summed E-state index contributed by atoms with van der Waals surface area (Å²) in [5.41, 5.74) is 6.05. The van der Waals surface area contributed by atoms with E-state index in [0.29, 0.717) is 41.3 Å². The molecule has 168 valence electrons. The van der Waals surface area contributed by atoms with Crippen molar-refractivity contribution in [2.75, 3.05) is 32.0 Å². The molecule has 4 N–H and O–H groups in total. The molecule has 0 bridgehead atoms. The van der Waals surface area contributed by atoms with E-state index in [9.17, 15) is 9.59 Å². The molecule has 0 aliphatic carbocycles. The second-order valence-corrected chi connectivity index (χ2v) is 8.47. The van der Waals surface area contributed by atoms with Gasteiger partial charge in [-0.25, -0.2) is 4.79 Å². The van der Waals surface area contributed by atoms with E-state index < -0.39 is 5.97 Å². The van der Waals surface area contributed by atoms with Gasteiger partial charge in [0.2, 0.25) is 5.91 Å². The number of morpholine rings is 1. The first-order chi connectivity index (χ1) is 14.8. The maximum absolute atomic E-state index is 12.1. The predicted octanol–water partition coefficient (Wildman–Crippen LogP) is 2.51. The number of amides is 1. The summed E-state index contributed by atoms with van der Waals surface area (Å²) >= 11 is 13.2. The highest BCUT2D eigenvalue weighted by Gasteiger charge is 2.21. The van der Waals surface area contributed by atoms with E-state index in [1.807, 2.05) is 12.1 Å². The molecule has 11 heteroatoms. The molecule has 31 heavy (non-hydrogen) atoms. The zero-order valence-corrected chi connectivity index (χ0v) is 19.1. The highest BCUT2D eigenvalue weighted by molar-refractivity contribution is 8.03. The van der Waals surface area contributed by atoms with Crippen molar-refractivity contribution < 1.29 is 19.4 Å². The molecular formula is C20H24Cl2N4O4S. The van der Waals surface area contributed by atoms with Crippen molar-refractivity contribution in [3.05, 3.63) is 56.7 Å². The number of hydrogen-bond acceptors (Lipinski definition) is 7. The minimum absolute atomic E-state index is 0.103. The lowest BCUT2D eigenvalue weighted by molar-refractivity contribution is -0.132. The van der Waals surface area contributed by atoms with Crippen LogP contribution in [0.4, 0.5) is 0 Å². The highest BCUT2D eigenvalue weighted by atomic mass is 35.5. The number of aliphatic carboxylic acids is 1. The summed E-state index contributed by atoms with van der Waals surface area (Å²) in [4.78, 5) is 28.8. The molecule has 1 fully saturated rings. The number of nitrogens with one attached hydrogen (secondary N) is 1. The molecule has 1 aliphatic heterocycles. The number of allylic oxidation sites excluding steroid dienone is 2. The standard InChI is InChI=1S/C20H24Cl2N4O4S/c1-24-19(5-4-17(23)20(28)29)31-12-18(27)25-9-14-11-26(6-7-30-14)10-13-2-3-15(21)16(22)8-13/h2-5,8,14H,1,6-7,9-12,23H2,(H,25,27)(H,28,29)/b17-4-,19-5+/t14-/m0/s1. The van der Waals surface area contributed by atoms with Crippen LogP contribution < -0.4 is 11.1 Å². The Hall–Kier alpha value is -2.04. The molecular weight excluding hydrogens is 463 g/mol. The molecule has 1 aromatic carbocycles. The third kappa shape index (κ3) is 8.92. The number of carboxylic acid groups (broad SMARTS) is 1. The molecule has 1 atom stereocenters. The van der Waals surface area contributed by atoms with Crippen molar-refractivity contribution >= 4 is 53.6 Å². The van der Waals surface area contributed by atoms with Gasteiger partial charge in [0.05, 0.1) is 33.5 Å². The predicted molar refractivity (Wildman–Crippen MR) is 124 cm³/mol. The van der Waals surface area contributed by atoms with Gasteiger partial charge in [-0.15, -0.1) is 0 Å². The lowest BCUT2D eigenvalue weighted by atomic mass is 10.2. The first-order valence-electron chi connectivity index (χ1n) is 9.33. The largest absolute Gasteiger partial charge is 0.477 e. The number of nitrogens with two attached hydrogens (primary N) is 1. The molecule has 1 heterocycles. The molecule has 0 radical (unpaired) electrons. The summed E-state index contributed by atoms with van der Waals surface area (Å²) in [6.07, 6.45) is 2.48. The summed E-state index contributed by atoms with van der Waals surface area (Å²) in [5, 5.41) is 13.0. The van der Waals surface area contributed by atoms with Gasteiger partial charge < -0.3 is 20.9 Å². The Kier molecular flexibility index (Phi) is 10.4. The number of hydrogen-bond donors (Lipinski definition) is 3. The fourth-order valence-electron chi connectivity index (χ4n) is 2.74. The molecule has 0 unspecified atom stereocenters. The SMILES string of the molecule is C=N/C(=C\C=C(/N)C(=O)O)SCC(=O)NC[C@H]1CN(Cc2ccc(Cl)c(Cl)c2)CCO1. The molecule has 0 saturated carbocycles. The molecule has 1 saturated heterocycles. The number of aliphatic imine (C=N–C) groups is 1. The Bertz CT molecular complexity index is 879. The van der Waals surface area contributed by atoms with Gasteiger partial charge in [0, 0.05) is 26.2 Å². The molecule has 0 aromatic heterocycles. The molecule has 2 rings (SSSR count). The van der Waals surface area contributed by atoms with E-state index in [2.05, 4.69) is 21.9 Å². The van der Waals surface area contributed by atoms with Crippen LogP contribution in [0.3, 0.4) is 0 Å². The van der Waals surface area contributed by atoms with Crippen molar-refractivity contribution in [3.63, 3.8) is 0 Å². The van der Waals surface area contributed by atoms with E-state index >= 15 is 0 Å². The number of nitrogens with zero attached hydrogens (tertiary/aromatic N) is 2. The van der Waals surface area contributed by atoms with Gasteiger partial charge in [0.15, 0.2) is 0 Å². The van der Waals surface area contributed by atoms with Gasteiger partial charge in [-0.05, 0) is 36.6 Å². The normalized spacial score (nSPS) is 17.9. The highest BCUT2D eigenvalue weighted by Crippen LogP contribution is 2.23. The Morgan fingerprint density at radius 3 is 2.84 bits per heavy atom. The smallest absolute Gasteiger partial charge is 0.351 e. The van der Waals surface area contributed by atoms with Crippen LogP contribution in [0.25, 0.3) is 0 Å². The first-order valence-corrected chi connectivity index (χ1v) is 11.1.